The maximum atomic E-state index is 5.43. The Morgan fingerprint density at radius 1 is 0.900 bits per heavy atom. The lowest BCUT2D eigenvalue weighted by Crippen LogP contribution is -1.94. The molecule has 2 aromatic carbocycles. The van der Waals surface area contributed by atoms with Crippen LogP contribution in [0.4, 0.5) is 0 Å². The third-order valence-corrected chi connectivity index (χ3v) is 3.52. The number of hydrogen-bond acceptors (Lipinski definition) is 4. The van der Waals surface area contributed by atoms with E-state index in [1.165, 1.54) is 0 Å². The first kappa shape index (κ1) is 11.2. The molecule has 0 spiro atoms. The van der Waals surface area contributed by atoms with Gasteiger partial charge in [0.05, 0.1) is 5.69 Å². The average molecular weight is 264 g/mol. The molecular weight excluding hydrogens is 252 g/mol. The molecule has 0 bridgehead atoms. The van der Waals surface area contributed by atoms with Gasteiger partial charge >= 0.3 is 0 Å². The first-order valence-electron chi connectivity index (χ1n) is 6.45. The van der Waals surface area contributed by atoms with E-state index in [9.17, 15) is 0 Å². The van der Waals surface area contributed by atoms with Gasteiger partial charge in [0, 0.05) is 16.3 Å². The van der Waals surface area contributed by atoms with Crippen LogP contribution in [0.2, 0.25) is 0 Å². The van der Waals surface area contributed by atoms with E-state index < -0.39 is 0 Å². The van der Waals surface area contributed by atoms with Gasteiger partial charge in [0.2, 0.25) is 6.79 Å². The van der Waals surface area contributed by atoms with Crippen LogP contribution < -0.4 is 9.47 Å². The van der Waals surface area contributed by atoms with Crippen LogP contribution in [0.25, 0.3) is 22.0 Å². The van der Waals surface area contributed by atoms with Crippen LogP contribution in [-0.4, -0.2) is 17.0 Å². The van der Waals surface area contributed by atoms with Gasteiger partial charge in [0.25, 0.3) is 0 Å². The fraction of sp³-hybridized carbons (Fsp3) is 0.125. The molecule has 1 aliphatic heterocycles. The predicted molar refractivity (Wildman–Crippen MR) is 75.8 cm³/mol. The molecule has 2 heterocycles. The number of hydrogen-bond donors (Lipinski definition) is 0. The van der Waals surface area contributed by atoms with Crippen molar-refractivity contribution in [2.24, 2.45) is 0 Å². The molecule has 0 N–H and O–H groups in total. The minimum atomic E-state index is 0.277. The van der Waals surface area contributed by atoms with Crippen molar-refractivity contribution in [2.75, 3.05) is 6.79 Å². The summed E-state index contributed by atoms with van der Waals surface area (Å²) >= 11 is 0. The van der Waals surface area contributed by atoms with Gasteiger partial charge < -0.3 is 9.47 Å². The highest BCUT2D eigenvalue weighted by Crippen LogP contribution is 2.37. The van der Waals surface area contributed by atoms with E-state index in [2.05, 4.69) is 22.3 Å². The second kappa shape index (κ2) is 4.20. The first-order valence-corrected chi connectivity index (χ1v) is 6.45. The summed E-state index contributed by atoms with van der Waals surface area (Å²) in [5, 5.41) is 10.8. The number of ether oxygens (including phenoxy) is 2. The Kier molecular flexibility index (Phi) is 2.36. The third kappa shape index (κ3) is 1.61. The molecule has 0 saturated heterocycles. The van der Waals surface area contributed by atoms with Crippen molar-refractivity contribution in [1.29, 1.82) is 0 Å². The number of fused-ring (bicyclic) bond motifs is 2. The summed E-state index contributed by atoms with van der Waals surface area (Å²) in [5.41, 5.74) is 2.78. The lowest BCUT2D eigenvalue weighted by Gasteiger charge is -2.07. The number of aromatic nitrogens is 2. The van der Waals surface area contributed by atoms with Crippen LogP contribution in [-0.2, 0) is 0 Å². The maximum Gasteiger partial charge on any atom is 0.231 e. The van der Waals surface area contributed by atoms with E-state index in [4.69, 9.17) is 9.47 Å². The van der Waals surface area contributed by atoms with E-state index in [1.54, 1.807) is 0 Å². The molecule has 0 saturated carbocycles. The lowest BCUT2D eigenvalue weighted by atomic mass is 10.0. The summed E-state index contributed by atoms with van der Waals surface area (Å²) in [5.74, 6) is 1.53. The zero-order valence-electron chi connectivity index (χ0n) is 11.0. The van der Waals surface area contributed by atoms with Gasteiger partial charge in [-0.3, -0.25) is 0 Å². The molecule has 98 valence electrons. The summed E-state index contributed by atoms with van der Waals surface area (Å²) in [4.78, 5) is 0. The molecule has 0 aliphatic carbocycles. The summed E-state index contributed by atoms with van der Waals surface area (Å²) in [6.45, 7) is 2.25. The summed E-state index contributed by atoms with van der Waals surface area (Å²) in [7, 11) is 0. The van der Waals surface area contributed by atoms with Crippen LogP contribution in [0.1, 0.15) is 5.69 Å². The van der Waals surface area contributed by atoms with Gasteiger partial charge in [-0.25, -0.2) is 0 Å². The molecule has 0 fully saturated rings. The van der Waals surface area contributed by atoms with Crippen LogP contribution in [0.5, 0.6) is 11.5 Å². The largest absolute Gasteiger partial charge is 0.454 e. The van der Waals surface area contributed by atoms with Crippen molar-refractivity contribution in [3.63, 3.8) is 0 Å². The van der Waals surface area contributed by atoms with E-state index in [0.29, 0.717) is 0 Å². The Hall–Kier alpha value is -2.62. The van der Waals surface area contributed by atoms with Crippen molar-refractivity contribution in [2.45, 2.75) is 6.92 Å². The van der Waals surface area contributed by atoms with Crippen molar-refractivity contribution in [3.8, 4) is 22.8 Å². The van der Waals surface area contributed by atoms with Crippen molar-refractivity contribution in [1.82, 2.24) is 10.2 Å². The minimum absolute atomic E-state index is 0.277. The second-order valence-electron chi connectivity index (χ2n) is 4.75. The van der Waals surface area contributed by atoms with E-state index in [1.807, 2.05) is 37.3 Å². The van der Waals surface area contributed by atoms with Gasteiger partial charge in [-0.05, 0) is 25.1 Å². The van der Waals surface area contributed by atoms with Crippen LogP contribution in [0.15, 0.2) is 42.5 Å². The van der Waals surface area contributed by atoms with E-state index in [-0.39, 0.29) is 6.79 Å². The Morgan fingerprint density at radius 3 is 2.60 bits per heavy atom. The molecule has 0 amide bonds. The molecule has 4 heteroatoms. The Balaban J connectivity index is 1.97. The van der Waals surface area contributed by atoms with Crippen molar-refractivity contribution >= 4 is 10.8 Å². The number of rotatable bonds is 1. The summed E-state index contributed by atoms with van der Waals surface area (Å²) in [6.07, 6.45) is 0. The molecule has 0 radical (unpaired) electrons. The zero-order valence-corrected chi connectivity index (χ0v) is 11.0. The quantitative estimate of drug-likeness (QED) is 0.676. The van der Waals surface area contributed by atoms with Gasteiger partial charge in [0.15, 0.2) is 11.5 Å². The molecule has 1 aromatic heterocycles. The smallest absolute Gasteiger partial charge is 0.231 e. The highest BCUT2D eigenvalue weighted by Gasteiger charge is 2.16. The van der Waals surface area contributed by atoms with Crippen LogP contribution in [0, 0.1) is 6.92 Å². The third-order valence-electron chi connectivity index (χ3n) is 3.52. The molecule has 0 unspecified atom stereocenters. The first-order chi connectivity index (χ1) is 9.83. The van der Waals surface area contributed by atoms with Crippen LogP contribution >= 0.6 is 0 Å². The topological polar surface area (TPSA) is 44.2 Å². The number of aryl methyl sites for hydroxylation is 1. The van der Waals surface area contributed by atoms with Gasteiger partial charge in [-0.15, -0.1) is 5.10 Å². The standard InChI is InChI=1S/C16H12N2O2/c1-10-12-4-2-3-5-13(12)16(18-17-10)11-6-7-14-15(8-11)20-9-19-14/h2-8H,9H2,1H3. The highest BCUT2D eigenvalue weighted by molar-refractivity contribution is 5.95. The number of nitrogens with zero attached hydrogens (tertiary/aromatic N) is 2. The lowest BCUT2D eigenvalue weighted by molar-refractivity contribution is 0.174. The Labute approximate surface area is 116 Å². The minimum Gasteiger partial charge on any atom is -0.454 e. The molecule has 20 heavy (non-hydrogen) atoms. The number of benzene rings is 2. The van der Waals surface area contributed by atoms with E-state index in [0.717, 1.165) is 39.2 Å². The summed E-state index contributed by atoms with van der Waals surface area (Å²) < 4.78 is 10.8. The average Bonchev–Trinajstić information content (AvgIpc) is 2.95. The molecule has 0 atom stereocenters. The van der Waals surface area contributed by atoms with E-state index >= 15 is 0 Å². The van der Waals surface area contributed by atoms with Gasteiger partial charge in [-0.2, -0.15) is 5.10 Å². The van der Waals surface area contributed by atoms with Gasteiger partial charge in [0.1, 0.15) is 5.69 Å². The van der Waals surface area contributed by atoms with Crippen molar-refractivity contribution in [3.05, 3.63) is 48.2 Å². The SMILES string of the molecule is Cc1nnc(-c2ccc3c(c2)OCO3)c2ccccc12. The van der Waals surface area contributed by atoms with Gasteiger partial charge in [-0.1, -0.05) is 24.3 Å². The Morgan fingerprint density at radius 2 is 1.70 bits per heavy atom. The highest BCUT2D eigenvalue weighted by atomic mass is 16.7. The fourth-order valence-corrected chi connectivity index (χ4v) is 2.49. The molecular formula is C16H12N2O2. The van der Waals surface area contributed by atoms with Crippen molar-refractivity contribution < 1.29 is 9.47 Å². The monoisotopic (exact) mass is 264 g/mol. The normalized spacial score (nSPS) is 12.8. The predicted octanol–water partition coefficient (Wildman–Crippen LogP) is 3.33. The molecule has 3 aromatic rings. The van der Waals surface area contributed by atoms with Crippen LogP contribution in [0.3, 0.4) is 0 Å². The second-order valence-corrected chi connectivity index (χ2v) is 4.75. The Bertz CT molecular complexity index is 815. The summed E-state index contributed by atoms with van der Waals surface area (Å²) in [6, 6.07) is 14.0. The molecule has 4 rings (SSSR count). The maximum absolute atomic E-state index is 5.43. The fourth-order valence-electron chi connectivity index (χ4n) is 2.49. The molecule has 4 nitrogen and oxygen atoms in total. The zero-order chi connectivity index (χ0) is 13.5. The molecule has 1 aliphatic rings.